The first-order valence-corrected chi connectivity index (χ1v) is 18.5. The maximum Gasteiger partial charge on any atom is 0.347 e. The van der Waals surface area contributed by atoms with Gasteiger partial charge in [0.25, 0.3) is 10.2 Å². The van der Waals surface area contributed by atoms with Crippen molar-refractivity contribution in [3.05, 3.63) is 144 Å². The van der Waals surface area contributed by atoms with Crippen molar-refractivity contribution < 1.29 is 57.0 Å². The third-order valence-electron chi connectivity index (χ3n) is 8.27. The van der Waals surface area contributed by atoms with Gasteiger partial charge >= 0.3 is 17.9 Å². The molecule has 2 N–H and O–H groups in total. The van der Waals surface area contributed by atoms with Crippen molar-refractivity contribution in [1.82, 2.24) is 0 Å². The van der Waals surface area contributed by atoms with Crippen LogP contribution < -0.4 is 19.9 Å². The fraction of sp³-hybridized carbons (Fsp3) is 0.158. The number of allylic oxidation sites excluding steroid dienone is 2. The van der Waals surface area contributed by atoms with Gasteiger partial charge in [-0.2, -0.15) is 0 Å². The highest BCUT2D eigenvalue weighted by atomic mass is 32.2. The van der Waals surface area contributed by atoms with Gasteiger partial charge in [0, 0.05) is 27.5 Å². The summed E-state index contributed by atoms with van der Waals surface area (Å²) in [6.45, 7) is 0.784. The first-order valence-electron chi connectivity index (χ1n) is 16.5. The van der Waals surface area contributed by atoms with Crippen LogP contribution in [0.15, 0.2) is 95.4 Å². The van der Waals surface area contributed by atoms with Crippen LogP contribution in [0.1, 0.15) is 52.4 Å². The van der Waals surface area contributed by atoms with Crippen molar-refractivity contribution in [3.63, 3.8) is 0 Å². The van der Waals surface area contributed by atoms with Gasteiger partial charge in [0.15, 0.2) is 0 Å². The molecule has 0 heterocycles. The van der Waals surface area contributed by atoms with Crippen LogP contribution in [0.25, 0.3) is 17.2 Å². The summed E-state index contributed by atoms with van der Waals surface area (Å²) in [7, 11) is -1.17. The van der Waals surface area contributed by atoms with E-state index in [0.29, 0.717) is 32.7 Å². The summed E-state index contributed by atoms with van der Waals surface area (Å²) in [5.41, 5.74) is 9.47. The van der Waals surface area contributed by atoms with E-state index in [0.717, 1.165) is 23.3 Å². The fourth-order valence-corrected chi connectivity index (χ4v) is 6.28. The van der Waals surface area contributed by atoms with Gasteiger partial charge in [0.2, 0.25) is 0 Å². The van der Waals surface area contributed by atoms with Crippen LogP contribution in [0.4, 0.5) is 4.39 Å². The number of thiocarbonyl (C=S) groups is 1. The quantitative estimate of drug-likeness (QED) is 0.0462. The van der Waals surface area contributed by atoms with E-state index in [9.17, 15) is 43.2 Å². The third kappa shape index (κ3) is 10.9. The molecule has 57 heavy (non-hydrogen) atoms. The molecular weight excluding hydrogens is 790 g/mol. The van der Waals surface area contributed by atoms with E-state index in [-0.39, 0.29) is 22.9 Å². The molecule has 0 bridgehead atoms. The van der Waals surface area contributed by atoms with Gasteiger partial charge in [-0.3, -0.25) is 13.8 Å². The number of nitrogens with two attached hydrogens (primary N) is 1. The van der Waals surface area contributed by atoms with Crippen LogP contribution in [0.5, 0.6) is 17.2 Å². The fourth-order valence-electron chi connectivity index (χ4n) is 5.63. The lowest BCUT2D eigenvalue weighted by Gasteiger charge is -2.15. The number of carbonyl (C=O) groups is 3. The molecule has 2 unspecified atom stereocenters. The summed E-state index contributed by atoms with van der Waals surface area (Å²) in [5.74, 6) is -4.26. The van der Waals surface area contributed by atoms with Crippen molar-refractivity contribution in [3.8, 4) is 17.2 Å². The maximum atomic E-state index is 14.5. The summed E-state index contributed by atoms with van der Waals surface area (Å²) < 4.78 is 42.7. The summed E-state index contributed by atoms with van der Waals surface area (Å²) in [6, 6.07) is 20.4. The number of carbonyl (C=O) groups excluding carboxylic acids is 3. The number of ether oxygens (including phenoxy) is 3. The summed E-state index contributed by atoms with van der Waals surface area (Å²) in [4.78, 5) is 70.3. The lowest BCUT2D eigenvalue weighted by molar-refractivity contribution is -0.789. The molecule has 0 aliphatic heterocycles. The molecule has 19 heteroatoms. The Kier molecular flexibility index (Phi) is 13.2. The molecule has 294 valence electrons. The number of rotatable bonds is 16. The van der Waals surface area contributed by atoms with E-state index in [1.54, 1.807) is 43.5 Å². The van der Waals surface area contributed by atoms with Crippen LogP contribution in [0.3, 0.4) is 0 Å². The van der Waals surface area contributed by atoms with Crippen molar-refractivity contribution in [2.45, 2.75) is 30.8 Å². The molecule has 0 fully saturated rings. The molecule has 4 aromatic rings. The van der Waals surface area contributed by atoms with Gasteiger partial charge in [-0.1, -0.05) is 30.4 Å². The van der Waals surface area contributed by atoms with Crippen molar-refractivity contribution in [1.29, 1.82) is 0 Å². The number of hydrogen-bond acceptors (Lipinski definition) is 14. The molecule has 1 aliphatic rings. The maximum absolute atomic E-state index is 14.5. The van der Waals surface area contributed by atoms with E-state index in [1.165, 1.54) is 42.5 Å². The highest BCUT2D eigenvalue weighted by Crippen LogP contribution is 2.44. The minimum absolute atomic E-state index is 0.0192. The Morgan fingerprint density at radius 3 is 2.19 bits per heavy atom. The molecule has 0 saturated heterocycles. The lowest BCUT2D eigenvalue weighted by Crippen LogP contribution is -2.29. The Morgan fingerprint density at radius 1 is 0.877 bits per heavy atom. The molecule has 0 aromatic heterocycles. The average molecular weight is 820 g/mol. The van der Waals surface area contributed by atoms with E-state index >= 15 is 0 Å². The van der Waals surface area contributed by atoms with E-state index in [2.05, 4.69) is 9.68 Å². The second kappa shape index (κ2) is 18.2. The smallest absolute Gasteiger partial charge is 0.347 e. The predicted molar refractivity (Wildman–Crippen MR) is 205 cm³/mol. The Bertz CT molecular complexity index is 2360. The zero-order chi connectivity index (χ0) is 41.4. The summed E-state index contributed by atoms with van der Waals surface area (Å²) in [6.07, 6.45) is 0.433. The van der Waals surface area contributed by atoms with Crippen molar-refractivity contribution in [2.24, 2.45) is 5.73 Å². The Morgan fingerprint density at radius 2 is 1.56 bits per heavy atom. The normalized spacial score (nSPS) is 13.6. The second-order valence-corrected chi connectivity index (χ2v) is 13.9. The average Bonchev–Trinajstić information content (AvgIpc) is 3.39. The van der Waals surface area contributed by atoms with E-state index in [1.807, 2.05) is 6.08 Å². The highest BCUT2D eigenvalue weighted by molar-refractivity contribution is 7.84. The van der Waals surface area contributed by atoms with E-state index < -0.39 is 75.1 Å². The lowest BCUT2D eigenvalue weighted by atomic mass is 10.0. The molecule has 1 aliphatic carbocycles. The molecular formula is C38H30FN3O13S2. The monoisotopic (exact) mass is 819 g/mol. The molecule has 16 nitrogen and oxygen atoms in total. The third-order valence-corrected chi connectivity index (χ3v) is 9.44. The van der Waals surface area contributed by atoms with E-state index in [4.69, 9.17) is 32.2 Å². The minimum atomic E-state index is -1.75. The zero-order valence-corrected chi connectivity index (χ0v) is 31.5. The largest absolute Gasteiger partial charge is 0.426 e. The molecule has 5 rings (SSSR count). The van der Waals surface area contributed by atoms with Gasteiger partial charge in [-0.05, 0) is 113 Å². The van der Waals surface area contributed by atoms with Crippen molar-refractivity contribution >= 4 is 63.1 Å². The first kappa shape index (κ1) is 41.3. The Hall–Kier alpha value is -6.86. The SMILES string of the molecule is CC1=C(CC(=O)Oc2ccc(OC(=O)CC(CO[N+](=O)[O-])O[N+](=O)[O-])c(C(=O)Oc3ccc(C(N)=S)cc3)c2)c2cc(F)ccc2/C1=C\c1ccc(S(C)=O)cc1. The number of halogens is 1. The molecule has 0 radical (unpaired) electrons. The number of hydrogen-bond donors (Lipinski definition) is 1. The summed E-state index contributed by atoms with van der Waals surface area (Å²) >= 11 is 4.94. The summed E-state index contributed by atoms with van der Waals surface area (Å²) in [5, 5.41) is 19.0. The minimum Gasteiger partial charge on any atom is -0.426 e. The van der Waals surface area contributed by atoms with Gasteiger partial charge in [-0.15, -0.1) is 20.2 Å². The number of nitrogens with zero attached hydrogens (tertiary/aromatic N) is 2. The van der Waals surface area contributed by atoms with Crippen LogP contribution >= 0.6 is 12.2 Å². The number of benzene rings is 4. The predicted octanol–water partition coefficient (Wildman–Crippen LogP) is 5.82. The van der Waals surface area contributed by atoms with Gasteiger partial charge in [0.1, 0.15) is 46.3 Å². The second-order valence-electron chi connectivity index (χ2n) is 12.1. The standard InChI is InChI=1S/C38H30FN3O13S2/c1-21-30(15-22-3-11-28(12-4-22)57(2)50)29-13-7-24(39)16-32(29)31(21)19-36(44)52-26-10-14-34(54-35(43)18-27(55-42(48)49)20-51-41(46)47)33(17-26)38(45)53-25-8-5-23(6-9-25)37(40)56/h3-17,27H,18-20H2,1-2H3,(H2,40,56)/b30-15-. The highest BCUT2D eigenvalue weighted by Gasteiger charge is 2.28. The van der Waals surface area contributed by atoms with Crippen LogP contribution in [0.2, 0.25) is 0 Å². The van der Waals surface area contributed by atoms with Gasteiger partial charge in [0.05, 0.1) is 12.8 Å². The zero-order valence-electron chi connectivity index (χ0n) is 29.8. The Balaban J connectivity index is 1.41. The Labute approximate surface area is 330 Å². The topological polar surface area (TPSA) is 227 Å². The molecule has 0 saturated carbocycles. The molecule has 2 atom stereocenters. The molecule has 0 amide bonds. The molecule has 0 spiro atoms. The van der Waals surface area contributed by atoms with Crippen LogP contribution in [-0.4, -0.2) is 56.2 Å². The van der Waals surface area contributed by atoms with Crippen LogP contribution in [0, 0.1) is 26.0 Å². The first-order chi connectivity index (χ1) is 27.1. The molecule has 4 aromatic carbocycles. The van der Waals surface area contributed by atoms with Gasteiger partial charge < -0.3 is 29.6 Å². The van der Waals surface area contributed by atoms with Crippen LogP contribution in [-0.2, 0) is 30.1 Å². The van der Waals surface area contributed by atoms with Crippen molar-refractivity contribution in [2.75, 3.05) is 12.9 Å². The number of esters is 3. The van der Waals surface area contributed by atoms with Gasteiger partial charge in [-0.25, -0.2) is 9.18 Å². The number of fused-ring (bicyclic) bond motifs is 1.